The minimum absolute atomic E-state index is 0.0414. The molecule has 0 saturated carbocycles. The second kappa shape index (κ2) is 7.10. The summed E-state index contributed by atoms with van der Waals surface area (Å²) >= 11 is 1.76. The van der Waals surface area contributed by atoms with Crippen LogP contribution < -0.4 is 5.32 Å². The van der Waals surface area contributed by atoms with Crippen molar-refractivity contribution >= 4 is 17.4 Å². The van der Waals surface area contributed by atoms with Crippen molar-refractivity contribution in [3.63, 3.8) is 0 Å². The van der Waals surface area contributed by atoms with Crippen LogP contribution in [0.3, 0.4) is 0 Å². The Morgan fingerprint density at radius 2 is 1.85 bits per heavy atom. The van der Waals surface area contributed by atoms with E-state index >= 15 is 0 Å². The molecule has 3 nitrogen and oxygen atoms in total. The van der Waals surface area contributed by atoms with E-state index in [1.807, 2.05) is 37.4 Å². The molecule has 20 heavy (non-hydrogen) atoms. The number of thiophene rings is 1. The van der Waals surface area contributed by atoms with Crippen LogP contribution in [0.25, 0.3) is 0 Å². The Balaban J connectivity index is 1.82. The maximum absolute atomic E-state index is 12.0. The molecule has 2 amide bonds. The van der Waals surface area contributed by atoms with E-state index in [0.717, 1.165) is 12.0 Å². The van der Waals surface area contributed by atoms with Crippen LogP contribution in [0.15, 0.2) is 42.5 Å². The molecule has 0 saturated heterocycles. The first-order chi connectivity index (χ1) is 9.69. The average Bonchev–Trinajstić information content (AvgIpc) is 2.93. The molecule has 1 N–H and O–H groups in total. The Kier molecular flexibility index (Phi) is 5.18. The molecule has 0 spiro atoms. The van der Waals surface area contributed by atoms with E-state index < -0.39 is 0 Å². The van der Waals surface area contributed by atoms with Crippen LogP contribution in [-0.2, 0) is 19.5 Å². The van der Waals surface area contributed by atoms with Gasteiger partial charge in [-0.25, -0.2) is 4.79 Å². The number of aryl methyl sites for hydroxylation is 1. The van der Waals surface area contributed by atoms with Crippen molar-refractivity contribution in [2.24, 2.45) is 0 Å². The second-order valence-electron chi connectivity index (χ2n) is 4.72. The van der Waals surface area contributed by atoms with Gasteiger partial charge in [0.2, 0.25) is 0 Å². The van der Waals surface area contributed by atoms with Crippen molar-refractivity contribution in [2.45, 2.75) is 26.4 Å². The number of nitrogens with one attached hydrogen (secondary N) is 1. The fourth-order valence-electron chi connectivity index (χ4n) is 1.93. The Morgan fingerprint density at radius 1 is 1.15 bits per heavy atom. The van der Waals surface area contributed by atoms with Crippen LogP contribution in [0.1, 0.15) is 22.2 Å². The van der Waals surface area contributed by atoms with Crippen LogP contribution in [0.2, 0.25) is 0 Å². The van der Waals surface area contributed by atoms with Gasteiger partial charge in [0.05, 0.1) is 6.54 Å². The summed E-state index contributed by atoms with van der Waals surface area (Å²) in [4.78, 5) is 16.3. The zero-order valence-electron chi connectivity index (χ0n) is 11.9. The number of urea groups is 1. The second-order valence-corrected chi connectivity index (χ2v) is 5.97. The minimum atomic E-state index is -0.0414. The van der Waals surface area contributed by atoms with Crippen molar-refractivity contribution in [1.29, 1.82) is 0 Å². The van der Waals surface area contributed by atoms with Gasteiger partial charge in [-0.1, -0.05) is 37.3 Å². The molecule has 4 heteroatoms. The number of carbonyl (C=O) groups is 1. The number of hydrogen-bond donors (Lipinski definition) is 1. The predicted octanol–water partition coefficient (Wildman–Crippen LogP) is 3.65. The van der Waals surface area contributed by atoms with E-state index in [2.05, 4.69) is 24.4 Å². The standard InChI is InChI=1S/C16H20N2OS/c1-3-14-9-10-15(20-14)11-17-16(19)18(2)12-13-7-5-4-6-8-13/h4-10H,3,11-12H2,1-2H3,(H,17,19). The third kappa shape index (κ3) is 4.10. The highest BCUT2D eigenvalue weighted by Gasteiger charge is 2.09. The first-order valence-corrected chi connectivity index (χ1v) is 7.61. The van der Waals surface area contributed by atoms with Crippen molar-refractivity contribution in [3.05, 3.63) is 57.8 Å². The molecule has 0 radical (unpaired) electrons. The van der Waals surface area contributed by atoms with Gasteiger partial charge in [0.25, 0.3) is 0 Å². The Bertz CT molecular complexity index is 551. The summed E-state index contributed by atoms with van der Waals surface area (Å²) in [7, 11) is 1.81. The number of amides is 2. The third-order valence-corrected chi connectivity index (χ3v) is 4.32. The zero-order chi connectivity index (χ0) is 14.4. The molecule has 0 aliphatic rings. The quantitative estimate of drug-likeness (QED) is 0.895. The summed E-state index contributed by atoms with van der Waals surface area (Å²) in [6.45, 7) is 3.36. The molecule has 1 heterocycles. The Morgan fingerprint density at radius 3 is 2.50 bits per heavy atom. The number of carbonyl (C=O) groups excluding carboxylic acids is 1. The highest BCUT2D eigenvalue weighted by molar-refractivity contribution is 7.11. The minimum Gasteiger partial charge on any atom is -0.333 e. The molecule has 1 aromatic carbocycles. The van der Waals surface area contributed by atoms with Gasteiger partial charge in [-0.2, -0.15) is 0 Å². The molecule has 2 aromatic rings. The Hall–Kier alpha value is -1.81. The van der Waals surface area contributed by atoms with Gasteiger partial charge in [-0.05, 0) is 24.1 Å². The van der Waals surface area contributed by atoms with Crippen LogP contribution in [0, 0.1) is 0 Å². The molecule has 0 aliphatic heterocycles. The van der Waals surface area contributed by atoms with E-state index in [-0.39, 0.29) is 6.03 Å². The van der Waals surface area contributed by atoms with E-state index in [1.165, 1.54) is 9.75 Å². The first kappa shape index (κ1) is 14.6. The number of benzene rings is 1. The average molecular weight is 288 g/mol. The van der Waals surface area contributed by atoms with Gasteiger partial charge in [-0.15, -0.1) is 11.3 Å². The molecular weight excluding hydrogens is 268 g/mol. The van der Waals surface area contributed by atoms with Crippen LogP contribution in [0.5, 0.6) is 0 Å². The highest BCUT2D eigenvalue weighted by atomic mass is 32.1. The normalized spacial score (nSPS) is 10.3. The summed E-state index contributed by atoms with van der Waals surface area (Å²) in [6, 6.07) is 14.2. The third-order valence-electron chi connectivity index (χ3n) is 3.09. The summed E-state index contributed by atoms with van der Waals surface area (Å²) in [6.07, 6.45) is 1.05. The lowest BCUT2D eigenvalue weighted by atomic mass is 10.2. The maximum atomic E-state index is 12.0. The molecule has 106 valence electrons. The van der Waals surface area contributed by atoms with Crippen molar-refractivity contribution in [1.82, 2.24) is 10.2 Å². The van der Waals surface area contributed by atoms with Gasteiger partial charge in [0.1, 0.15) is 0 Å². The smallest absolute Gasteiger partial charge is 0.317 e. The topological polar surface area (TPSA) is 32.3 Å². The molecule has 0 bridgehead atoms. The molecular formula is C16H20N2OS. The van der Waals surface area contributed by atoms with Crippen molar-refractivity contribution < 1.29 is 4.79 Å². The largest absolute Gasteiger partial charge is 0.333 e. The summed E-state index contributed by atoms with van der Waals surface area (Å²) in [5.74, 6) is 0. The molecule has 1 aromatic heterocycles. The van der Waals surface area contributed by atoms with Crippen LogP contribution >= 0.6 is 11.3 Å². The summed E-state index contributed by atoms with van der Waals surface area (Å²) < 4.78 is 0. The fourth-order valence-corrected chi connectivity index (χ4v) is 2.83. The monoisotopic (exact) mass is 288 g/mol. The first-order valence-electron chi connectivity index (χ1n) is 6.79. The van der Waals surface area contributed by atoms with Gasteiger partial charge in [-0.3, -0.25) is 0 Å². The lowest BCUT2D eigenvalue weighted by molar-refractivity contribution is 0.206. The lowest BCUT2D eigenvalue weighted by Gasteiger charge is -2.17. The number of hydrogen-bond acceptors (Lipinski definition) is 2. The number of nitrogens with zero attached hydrogens (tertiary/aromatic N) is 1. The van der Waals surface area contributed by atoms with E-state index in [1.54, 1.807) is 16.2 Å². The van der Waals surface area contributed by atoms with Gasteiger partial charge < -0.3 is 10.2 Å². The van der Waals surface area contributed by atoms with Gasteiger partial charge >= 0.3 is 6.03 Å². The van der Waals surface area contributed by atoms with Crippen molar-refractivity contribution in [2.75, 3.05) is 7.05 Å². The van der Waals surface area contributed by atoms with E-state index in [9.17, 15) is 4.79 Å². The van der Waals surface area contributed by atoms with E-state index in [0.29, 0.717) is 13.1 Å². The van der Waals surface area contributed by atoms with Gasteiger partial charge in [0.15, 0.2) is 0 Å². The molecule has 0 atom stereocenters. The van der Waals surface area contributed by atoms with Crippen LogP contribution in [-0.4, -0.2) is 18.0 Å². The van der Waals surface area contributed by atoms with Gasteiger partial charge in [0, 0.05) is 23.3 Å². The number of rotatable bonds is 5. The van der Waals surface area contributed by atoms with Crippen LogP contribution in [0.4, 0.5) is 4.79 Å². The summed E-state index contributed by atoms with van der Waals surface area (Å²) in [5, 5.41) is 2.95. The van der Waals surface area contributed by atoms with Crippen molar-refractivity contribution in [3.8, 4) is 0 Å². The lowest BCUT2D eigenvalue weighted by Crippen LogP contribution is -2.36. The molecule has 0 aliphatic carbocycles. The fraction of sp³-hybridized carbons (Fsp3) is 0.312. The molecule has 0 unspecified atom stereocenters. The zero-order valence-corrected chi connectivity index (χ0v) is 12.7. The predicted molar refractivity (Wildman–Crippen MR) is 83.8 cm³/mol. The highest BCUT2D eigenvalue weighted by Crippen LogP contribution is 2.16. The Labute approximate surface area is 124 Å². The van der Waals surface area contributed by atoms with E-state index in [4.69, 9.17) is 0 Å². The SMILES string of the molecule is CCc1ccc(CNC(=O)N(C)Cc2ccccc2)s1. The summed E-state index contributed by atoms with van der Waals surface area (Å²) in [5.41, 5.74) is 1.13. The molecule has 0 fully saturated rings. The molecule has 2 rings (SSSR count). The maximum Gasteiger partial charge on any atom is 0.317 e.